The molecule has 114 valence electrons. The molecule has 0 saturated heterocycles. The SMILES string of the molecule is CCNc1cn2ccnc2c(N(CCC(C)C)C2CC2)n1. The van der Waals surface area contributed by atoms with Crippen molar-refractivity contribution in [2.45, 2.75) is 46.1 Å². The zero-order chi connectivity index (χ0) is 14.8. The van der Waals surface area contributed by atoms with Crippen molar-refractivity contribution in [1.82, 2.24) is 14.4 Å². The number of nitrogens with zero attached hydrogens (tertiary/aromatic N) is 4. The molecule has 1 aliphatic carbocycles. The van der Waals surface area contributed by atoms with E-state index in [4.69, 9.17) is 4.98 Å². The van der Waals surface area contributed by atoms with Crippen LogP contribution in [-0.2, 0) is 0 Å². The third kappa shape index (κ3) is 3.12. The Morgan fingerprint density at radius 1 is 1.43 bits per heavy atom. The quantitative estimate of drug-likeness (QED) is 0.849. The molecule has 5 heteroatoms. The predicted octanol–water partition coefficient (Wildman–Crippen LogP) is 3.18. The van der Waals surface area contributed by atoms with Gasteiger partial charge in [-0.3, -0.25) is 0 Å². The van der Waals surface area contributed by atoms with E-state index in [1.54, 1.807) is 0 Å². The molecule has 1 saturated carbocycles. The van der Waals surface area contributed by atoms with Crippen molar-refractivity contribution in [2.24, 2.45) is 5.92 Å². The molecule has 1 aliphatic rings. The Morgan fingerprint density at radius 2 is 2.24 bits per heavy atom. The van der Waals surface area contributed by atoms with Gasteiger partial charge >= 0.3 is 0 Å². The van der Waals surface area contributed by atoms with Gasteiger partial charge in [0.05, 0.1) is 6.20 Å². The summed E-state index contributed by atoms with van der Waals surface area (Å²) in [6.07, 6.45) is 9.61. The number of anilines is 2. The first kappa shape index (κ1) is 14.2. The lowest BCUT2D eigenvalue weighted by Crippen LogP contribution is -2.29. The summed E-state index contributed by atoms with van der Waals surface area (Å²) < 4.78 is 2.07. The van der Waals surface area contributed by atoms with Crippen molar-refractivity contribution < 1.29 is 0 Å². The maximum atomic E-state index is 4.83. The molecule has 0 spiro atoms. The Hall–Kier alpha value is -1.78. The van der Waals surface area contributed by atoms with Gasteiger partial charge in [-0.25, -0.2) is 9.97 Å². The molecule has 0 unspecified atom stereocenters. The van der Waals surface area contributed by atoms with Crippen molar-refractivity contribution in [3.05, 3.63) is 18.6 Å². The number of hydrogen-bond acceptors (Lipinski definition) is 4. The molecule has 0 aromatic carbocycles. The lowest BCUT2D eigenvalue weighted by atomic mass is 10.1. The number of nitrogens with one attached hydrogen (secondary N) is 1. The van der Waals surface area contributed by atoms with Crippen molar-refractivity contribution >= 4 is 17.3 Å². The molecule has 2 aromatic rings. The van der Waals surface area contributed by atoms with Crippen LogP contribution in [0.25, 0.3) is 5.65 Å². The number of fused-ring (bicyclic) bond motifs is 1. The van der Waals surface area contributed by atoms with Crippen LogP contribution in [0.4, 0.5) is 11.6 Å². The van der Waals surface area contributed by atoms with Crippen LogP contribution in [-0.4, -0.2) is 33.5 Å². The number of rotatable bonds is 7. The fourth-order valence-electron chi connectivity index (χ4n) is 2.62. The lowest BCUT2D eigenvalue weighted by molar-refractivity contribution is 0.569. The molecule has 0 amide bonds. The van der Waals surface area contributed by atoms with Gasteiger partial charge in [-0.2, -0.15) is 0 Å². The molecule has 3 rings (SSSR count). The molecule has 21 heavy (non-hydrogen) atoms. The highest BCUT2D eigenvalue weighted by Gasteiger charge is 2.31. The highest BCUT2D eigenvalue weighted by molar-refractivity contribution is 5.67. The van der Waals surface area contributed by atoms with Crippen molar-refractivity contribution in [3.8, 4) is 0 Å². The molecular formula is C16H25N5. The molecule has 0 aliphatic heterocycles. The van der Waals surface area contributed by atoms with E-state index in [0.29, 0.717) is 12.0 Å². The number of imidazole rings is 1. The molecular weight excluding hydrogens is 262 g/mol. The van der Waals surface area contributed by atoms with Crippen LogP contribution in [0.1, 0.15) is 40.0 Å². The van der Waals surface area contributed by atoms with Gasteiger partial charge in [0.1, 0.15) is 5.82 Å². The fourth-order valence-corrected chi connectivity index (χ4v) is 2.62. The summed E-state index contributed by atoms with van der Waals surface area (Å²) in [6, 6.07) is 0.647. The van der Waals surface area contributed by atoms with E-state index in [1.807, 2.05) is 18.6 Å². The van der Waals surface area contributed by atoms with Gasteiger partial charge in [-0.1, -0.05) is 13.8 Å². The van der Waals surface area contributed by atoms with Crippen LogP contribution in [0.2, 0.25) is 0 Å². The maximum absolute atomic E-state index is 4.83. The van der Waals surface area contributed by atoms with Gasteiger partial charge in [0, 0.05) is 31.5 Å². The topological polar surface area (TPSA) is 45.5 Å². The van der Waals surface area contributed by atoms with Crippen molar-refractivity contribution in [3.63, 3.8) is 0 Å². The van der Waals surface area contributed by atoms with Crippen LogP contribution in [0.3, 0.4) is 0 Å². The molecule has 1 fully saturated rings. The van der Waals surface area contributed by atoms with E-state index in [1.165, 1.54) is 19.3 Å². The molecule has 0 bridgehead atoms. The summed E-state index contributed by atoms with van der Waals surface area (Å²) in [4.78, 5) is 11.8. The van der Waals surface area contributed by atoms with E-state index in [9.17, 15) is 0 Å². The first-order valence-electron chi connectivity index (χ1n) is 8.03. The summed E-state index contributed by atoms with van der Waals surface area (Å²) in [6.45, 7) is 8.59. The van der Waals surface area contributed by atoms with E-state index < -0.39 is 0 Å². The molecule has 1 N–H and O–H groups in total. The van der Waals surface area contributed by atoms with Crippen LogP contribution in [0.5, 0.6) is 0 Å². The van der Waals surface area contributed by atoms with Crippen molar-refractivity contribution in [2.75, 3.05) is 23.3 Å². The molecule has 0 radical (unpaired) electrons. The number of hydrogen-bond donors (Lipinski definition) is 1. The summed E-state index contributed by atoms with van der Waals surface area (Å²) in [5.41, 5.74) is 0.965. The van der Waals surface area contributed by atoms with Gasteiger partial charge in [0.15, 0.2) is 11.5 Å². The average molecular weight is 287 g/mol. The Labute approximate surface area is 126 Å². The van der Waals surface area contributed by atoms with Gasteiger partial charge in [-0.05, 0) is 32.1 Å². The standard InChI is InChI=1S/C16H25N5/c1-4-17-14-11-20-10-8-18-15(20)16(19-14)21(13-5-6-13)9-7-12(2)3/h8,10-13,17H,4-7,9H2,1-3H3. The zero-order valence-corrected chi connectivity index (χ0v) is 13.2. The van der Waals surface area contributed by atoms with Crippen molar-refractivity contribution in [1.29, 1.82) is 0 Å². The monoisotopic (exact) mass is 287 g/mol. The second-order valence-corrected chi connectivity index (χ2v) is 6.25. The van der Waals surface area contributed by atoms with Gasteiger partial charge in [0.2, 0.25) is 0 Å². The zero-order valence-electron chi connectivity index (χ0n) is 13.2. The van der Waals surface area contributed by atoms with E-state index in [-0.39, 0.29) is 0 Å². The Balaban J connectivity index is 1.96. The number of aromatic nitrogens is 3. The van der Waals surface area contributed by atoms with E-state index >= 15 is 0 Å². The third-order valence-electron chi connectivity index (χ3n) is 3.92. The van der Waals surface area contributed by atoms with Gasteiger partial charge in [0.25, 0.3) is 0 Å². The Kier molecular flexibility index (Phi) is 3.99. The smallest absolute Gasteiger partial charge is 0.180 e. The minimum atomic E-state index is 0.647. The predicted molar refractivity (Wildman–Crippen MR) is 87.0 cm³/mol. The van der Waals surface area contributed by atoms with Crippen LogP contribution in [0.15, 0.2) is 18.6 Å². The minimum absolute atomic E-state index is 0.647. The summed E-state index contributed by atoms with van der Waals surface area (Å²) in [5, 5.41) is 3.32. The largest absolute Gasteiger partial charge is 0.369 e. The van der Waals surface area contributed by atoms with E-state index in [0.717, 1.165) is 30.4 Å². The second kappa shape index (κ2) is 5.92. The van der Waals surface area contributed by atoms with Crippen LogP contribution in [0, 0.1) is 5.92 Å². The second-order valence-electron chi connectivity index (χ2n) is 6.25. The minimum Gasteiger partial charge on any atom is -0.369 e. The first-order valence-corrected chi connectivity index (χ1v) is 8.03. The Bertz CT molecular complexity index is 600. The van der Waals surface area contributed by atoms with Gasteiger partial charge in [-0.15, -0.1) is 0 Å². The fraction of sp³-hybridized carbons (Fsp3) is 0.625. The first-order chi connectivity index (χ1) is 10.2. The maximum Gasteiger partial charge on any atom is 0.180 e. The highest BCUT2D eigenvalue weighted by Crippen LogP contribution is 2.33. The summed E-state index contributed by atoms with van der Waals surface area (Å²) in [5.74, 6) is 2.66. The third-order valence-corrected chi connectivity index (χ3v) is 3.92. The average Bonchev–Trinajstić information content (AvgIpc) is 3.16. The lowest BCUT2D eigenvalue weighted by Gasteiger charge is -2.25. The molecule has 2 aromatic heterocycles. The molecule has 2 heterocycles. The molecule has 0 atom stereocenters. The molecule has 5 nitrogen and oxygen atoms in total. The normalized spacial score (nSPS) is 14.9. The highest BCUT2D eigenvalue weighted by atomic mass is 15.3. The van der Waals surface area contributed by atoms with E-state index in [2.05, 4.69) is 40.4 Å². The summed E-state index contributed by atoms with van der Waals surface area (Å²) >= 11 is 0. The Morgan fingerprint density at radius 3 is 2.90 bits per heavy atom. The summed E-state index contributed by atoms with van der Waals surface area (Å²) in [7, 11) is 0. The van der Waals surface area contributed by atoms with Gasteiger partial charge < -0.3 is 14.6 Å². The van der Waals surface area contributed by atoms with Crippen LogP contribution >= 0.6 is 0 Å². The van der Waals surface area contributed by atoms with Crippen LogP contribution < -0.4 is 10.2 Å².